The van der Waals surface area contributed by atoms with Gasteiger partial charge in [-0.25, -0.2) is 0 Å². The zero-order valence-corrected chi connectivity index (χ0v) is 12.3. The minimum atomic E-state index is 0.189. The van der Waals surface area contributed by atoms with Crippen molar-refractivity contribution < 1.29 is 0 Å². The fraction of sp³-hybridized carbons (Fsp3) is 0.647. The number of nitrogens with one attached hydrogen (secondary N) is 1. The number of hydrogen-bond donors (Lipinski definition) is 1. The monoisotopic (exact) mass is 245 g/mol. The fourth-order valence-electron chi connectivity index (χ4n) is 3.45. The van der Waals surface area contributed by atoms with Crippen LogP contribution >= 0.6 is 0 Å². The van der Waals surface area contributed by atoms with Gasteiger partial charge in [0.1, 0.15) is 0 Å². The molecule has 1 heterocycles. The van der Waals surface area contributed by atoms with Crippen molar-refractivity contribution in [3.05, 3.63) is 34.9 Å². The number of benzene rings is 1. The van der Waals surface area contributed by atoms with Crippen LogP contribution in [0.4, 0.5) is 0 Å². The molecule has 0 radical (unpaired) electrons. The molecule has 0 spiro atoms. The number of aryl methyl sites for hydroxylation is 2. The van der Waals surface area contributed by atoms with Crippen molar-refractivity contribution in [1.82, 2.24) is 5.32 Å². The van der Waals surface area contributed by atoms with Crippen molar-refractivity contribution in [3.63, 3.8) is 0 Å². The Balaban J connectivity index is 2.45. The Morgan fingerprint density at radius 1 is 1.11 bits per heavy atom. The lowest BCUT2D eigenvalue weighted by Gasteiger charge is -2.39. The predicted molar refractivity (Wildman–Crippen MR) is 78.9 cm³/mol. The van der Waals surface area contributed by atoms with Crippen LogP contribution in [0.5, 0.6) is 0 Å². The Hall–Kier alpha value is -0.820. The standard InChI is InChI=1S/C17H27N/c1-13(2)17(10-6-5-7-11-18-17)16-9-8-14(3)12-15(16)4/h8-9,12-13,18H,5-7,10-11H2,1-4H3. The zero-order valence-electron chi connectivity index (χ0n) is 12.3. The van der Waals surface area contributed by atoms with E-state index in [2.05, 4.69) is 51.2 Å². The van der Waals surface area contributed by atoms with Crippen molar-refractivity contribution in [2.24, 2.45) is 5.92 Å². The summed E-state index contributed by atoms with van der Waals surface area (Å²) in [6, 6.07) is 6.94. The summed E-state index contributed by atoms with van der Waals surface area (Å²) in [6.07, 6.45) is 5.30. The third-order valence-corrected chi connectivity index (χ3v) is 4.54. The maximum atomic E-state index is 3.87. The minimum Gasteiger partial charge on any atom is -0.307 e. The van der Waals surface area contributed by atoms with Crippen LogP contribution in [0.15, 0.2) is 18.2 Å². The van der Waals surface area contributed by atoms with Gasteiger partial charge in [-0.05, 0) is 50.3 Å². The quantitative estimate of drug-likeness (QED) is 0.818. The molecule has 18 heavy (non-hydrogen) atoms. The molecule has 1 atom stereocenters. The molecule has 2 rings (SSSR count). The summed E-state index contributed by atoms with van der Waals surface area (Å²) >= 11 is 0. The average molecular weight is 245 g/mol. The van der Waals surface area contributed by atoms with Crippen LogP contribution in [-0.4, -0.2) is 6.54 Å². The van der Waals surface area contributed by atoms with Crippen molar-refractivity contribution >= 4 is 0 Å². The molecular weight excluding hydrogens is 218 g/mol. The fourth-order valence-corrected chi connectivity index (χ4v) is 3.45. The summed E-state index contributed by atoms with van der Waals surface area (Å²) in [5.41, 5.74) is 4.51. The zero-order chi connectivity index (χ0) is 13.2. The van der Waals surface area contributed by atoms with E-state index in [1.54, 1.807) is 0 Å². The van der Waals surface area contributed by atoms with Gasteiger partial charge < -0.3 is 5.32 Å². The molecule has 0 aromatic heterocycles. The molecule has 1 saturated heterocycles. The lowest BCUT2D eigenvalue weighted by Crippen LogP contribution is -2.46. The van der Waals surface area contributed by atoms with Crippen LogP contribution in [0.25, 0.3) is 0 Å². The molecule has 0 amide bonds. The highest BCUT2D eigenvalue weighted by Gasteiger charge is 2.36. The van der Waals surface area contributed by atoms with Crippen molar-refractivity contribution in [2.75, 3.05) is 6.54 Å². The normalized spacial score (nSPS) is 25.2. The molecule has 1 heteroatoms. The first-order valence-corrected chi connectivity index (χ1v) is 7.39. The highest BCUT2D eigenvalue weighted by Crippen LogP contribution is 2.38. The largest absolute Gasteiger partial charge is 0.307 e. The maximum absolute atomic E-state index is 3.87. The van der Waals surface area contributed by atoms with Gasteiger partial charge in [-0.3, -0.25) is 0 Å². The van der Waals surface area contributed by atoms with Crippen LogP contribution < -0.4 is 5.32 Å². The Morgan fingerprint density at radius 2 is 1.89 bits per heavy atom. The van der Waals surface area contributed by atoms with E-state index >= 15 is 0 Å². The Morgan fingerprint density at radius 3 is 2.56 bits per heavy atom. The van der Waals surface area contributed by atoms with Crippen LogP contribution in [0, 0.1) is 19.8 Å². The van der Waals surface area contributed by atoms with E-state index in [4.69, 9.17) is 0 Å². The van der Waals surface area contributed by atoms with Crippen molar-refractivity contribution in [1.29, 1.82) is 0 Å². The molecule has 1 unspecified atom stereocenters. The Kier molecular flexibility index (Phi) is 4.11. The highest BCUT2D eigenvalue weighted by molar-refractivity contribution is 5.36. The maximum Gasteiger partial charge on any atom is 0.0460 e. The Bertz CT molecular complexity index is 398. The first-order chi connectivity index (χ1) is 8.56. The van der Waals surface area contributed by atoms with Crippen LogP contribution in [-0.2, 0) is 5.54 Å². The molecule has 0 bridgehead atoms. The van der Waals surface area contributed by atoms with Gasteiger partial charge in [-0.1, -0.05) is 50.5 Å². The molecule has 1 aliphatic heterocycles. The van der Waals surface area contributed by atoms with E-state index in [1.807, 2.05) is 0 Å². The lowest BCUT2D eigenvalue weighted by molar-refractivity contribution is 0.229. The SMILES string of the molecule is Cc1ccc(C2(C(C)C)CCCCCN2)c(C)c1. The van der Waals surface area contributed by atoms with Crippen molar-refractivity contribution in [2.45, 2.75) is 58.9 Å². The molecule has 1 aliphatic rings. The molecule has 1 nitrogen and oxygen atoms in total. The van der Waals surface area contributed by atoms with Gasteiger partial charge in [0.2, 0.25) is 0 Å². The molecule has 100 valence electrons. The molecular formula is C17H27N. The second-order valence-corrected chi connectivity index (χ2v) is 6.18. The van der Waals surface area contributed by atoms with Crippen LogP contribution in [0.2, 0.25) is 0 Å². The molecule has 0 aliphatic carbocycles. The highest BCUT2D eigenvalue weighted by atomic mass is 15.0. The average Bonchev–Trinajstić information content (AvgIpc) is 2.55. The van der Waals surface area contributed by atoms with Gasteiger partial charge in [-0.2, -0.15) is 0 Å². The van der Waals surface area contributed by atoms with E-state index < -0.39 is 0 Å². The molecule has 1 fully saturated rings. The van der Waals surface area contributed by atoms with Gasteiger partial charge in [0.05, 0.1) is 0 Å². The summed E-state index contributed by atoms with van der Waals surface area (Å²) in [6.45, 7) is 10.3. The first-order valence-electron chi connectivity index (χ1n) is 7.39. The molecule has 1 N–H and O–H groups in total. The van der Waals surface area contributed by atoms with Gasteiger partial charge in [-0.15, -0.1) is 0 Å². The van der Waals surface area contributed by atoms with Gasteiger partial charge >= 0.3 is 0 Å². The third-order valence-electron chi connectivity index (χ3n) is 4.54. The lowest BCUT2D eigenvalue weighted by atomic mass is 9.75. The summed E-state index contributed by atoms with van der Waals surface area (Å²) in [5.74, 6) is 0.636. The summed E-state index contributed by atoms with van der Waals surface area (Å²) in [4.78, 5) is 0. The van der Waals surface area contributed by atoms with E-state index in [-0.39, 0.29) is 5.54 Å². The summed E-state index contributed by atoms with van der Waals surface area (Å²) < 4.78 is 0. The van der Waals surface area contributed by atoms with Crippen LogP contribution in [0.3, 0.4) is 0 Å². The van der Waals surface area contributed by atoms with Gasteiger partial charge in [0.25, 0.3) is 0 Å². The predicted octanol–water partition coefficient (Wildman–Crippen LogP) is 4.32. The summed E-state index contributed by atoms with van der Waals surface area (Å²) in [7, 11) is 0. The topological polar surface area (TPSA) is 12.0 Å². The molecule has 1 aromatic rings. The molecule has 1 aromatic carbocycles. The van der Waals surface area contributed by atoms with E-state index in [1.165, 1.54) is 42.4 Å². The van der Waals surface area contributed by atoms with E-state index in [0.29, 0.717) is 5.92 Å². The third kappa shape index (κ3) is 2.47. The second kappa shape index (κ2) is 5.44. The van der Waals surface area contributed by atoms with Gasteiger partial charge in [0.15, 0.2) is 0 Å². The Labute approximate surface area is 112 Å². The van der Waals surface area contributed by atoms with E-state index in [0.717, 1.165) is 6.54 Å². The first kappa shape index (κ1) is 13.6. The van der Waals surface area contributed by atoms with Crippen molar-refractivity contribution in [3.8, 4) is 0 Å². The van der Waals surface area contributed by atoms with Crippen LogP contribution in [0.1, 0.15) is 56.2 Å². The smallest absolute Gasteiger partial charge is 0.0460 e. The number of hydrogen-bond acceptors (Lipinski definition) is 1. The minimum absolute atomic E-state index is 0.189. The second-order valence-electron chi connectivity index (χ2n) is 6.18. The van der Waals surface area contributed by atoms with Gasteiger partial charge in [0, 0.05) is 5.54 Å². The summed E-state index contributed by atoms with van der Waals surface area (Å²) in [5, 5.41) is 3.87. The van der Waals surface area contributed by atoms with E-state index in [9.17, 15) is 0 Å². The number of rotatable bonds is 2. The molecule has 0 saturated carbocycles.